The Morgan fingerprint density at radius 1 is 0.815 bits per heavy atom. The second-order valence-corrected chi connectivity index (χ2v) is 17.7. The first kappa shape index (κ1) is 37.5. The highest BCUT2D eigenvalue weighted by molar-refractivity contribution is 5.88. The van der Waals surface area contributed by atoms with E-state index in [4.69, 9.17) is 9.68 Å². The van der Waals surface area contributed by atoms with Gasteiger partial charge in [0.05, 0.1) is 19.7 Å². The minimum absolute atomic E-state index is 0.0259. The van der Waals surface area contributed by atoms with E-state index in [1.54, 1.807) is 9.80 Å². The predicted octanol–water partition coefficient (Wildman–Crippen LogP) is 3.18. The third kappa shape index (κ3) is 8.08. The number of amides is 6. The van der Waals surface area contributed by atoms with Gasteiger partial charge in [-0.15, -0.1) is 0 Å². The number of nitrogens with one attached hydrogen (secondary N) is 2. The number of piperidine rings is 1. The highest BCUT2D eigenvalue weighted by Crippen LogP contribution is 2.52. The number of likely N-dealkylation sites (tertiary alicyclic amines) is 2. The average Bonchev–Trinajstić information content (AvgIpc) is 4.04. The Morgan fingerprint density at radius 2 is 1.41 bits per heavy atom. The summed E-state index contributed by atoms with van der Waals surface area (Å²) < 4.78 is 0. The van der Waals surface area contributed by atoms with Crippen LogP contribution in [0.2, 0.25) is 0 Å². The van der Waals surface area contributed by atoms with Crippen molar-refractivity contribution in [2.24, 2.45) is 10.8 Å². The van der Waals surface area contributed by atoms with Crippen molar-refractivity contribution in [3.8, 4) is 0 Å². The van der Waals surface area contributed by atoms with Gasteiger partial charge in [-0.2, -0.15) is 5.06 Å². The van der Waals surface area contributed by atoms with Crippen LogP contribution in [0.4, 0.5) is 9.59 Å². The summed E-state index contributed by atoms with van der Waals surface area (Å²) in [6.45, 7) is 7.59. The first-order chi connectivity index (χ1) is 26.2. The summed E-state index contributed by atoms with van der Waals surface area (Å²) >= 11 is 0. The summed E-state index contributed by atoms with van der Waals surface area (Å²) in [5.74, 6) is 0.0259. The van der Waals surface area contributed by atoms with Gasteiger partial charge in [-0.3, -0.25) is 29.1 Å². The largest absolute Gasteiger partial charge is 0.356 e. The maximum atomic E-state index is 12.7. The third-order valence-corrected chi connectivity index (χ3v) is 13.3. The number of carbonyl (C=O) groups excluding carboxylic acids is 4. The van der Waals surface area contributed by atoms with Crippen molar-refractivity contribution in [1.82, 2.24) is 40.4 Å². The van der Waals surface area contributed by atoms with Crippen LogP contribution in [0.1, 0.15) is 82.6 Å². The molecule has 9 aliphatic rings. The van der Waals surface area contributed by atoms with Crippen molar-refractivity contribution >= 4 is 24.4 Å². The molecule has 5 saturated heterocycles. The van der Waals surface area contributed by atoms with Crippen LogP contribution >= 0.6 is 0 Å². The number of hydrogen-bond acceptors (Lipinski definition) is 8. The van der Waals surface area contributed by atoms with Crippen LogP contribution in [0.25, 0.3) is 0 Å². The average molecular weight is 749 g/mol. The zero-order valence-electron chi connectivity index (χ0n) is 32.2. The summed E-state index contributed by atoms with van der Waals surface area (Å²) in [7, 11) is 3.33. The van der Waals surface area contributed by atoms with Crippen LogP contribution in [0, 0.1) is 10.8 Å². The second-order valence-electron chi connectivity index (χ2n) is 17.7. The van der Waals surface area contributed by atoms with E-state index in [1.165, 1.54) is 81.9 Å². The molecule has 6 amide bonds. The zero-order chi connectivity index (χ0) is 37.5. The fraction of sp³-hybridized carbons (Fsp3) is 0.750. The van der Waals surface area contributed by atoms with Gasteiger partial charge < -0.3 is 20.4 Å². The molecule has 14 heteroatoms. The van der Waals surface area contributed by atoms with Gasteiger partial charge in [0, 0.05) is 70.5 Å². The monoisotopic (exact) mass is 748 g/mol. The molecule has 0 aromatic heterocycles. The number of carbonyl (C=O) groups is 4. The van der Waals surface area contributed by atoms with Crippen molar-refractivity contribution in [1.29, 1.82) is 0 Å². The van der Waals surface area contributed by atoms with E-state index in [0.717, 1.165) is 69.1 Å². The Labute approximate surface area is 319 Å². The topological polar surface area (TPSA) is 130 Å². The van der Waals surface area contributed by atoms with E-state index >= 15 is 0 Å². The van der Waals surface area contributed by atoms with E-state index < -0.39 is 0 Å². The molecule has 1 aromatic rings. The molecule has 2 spiro atoms. The number of benzene rings is 1. The number of rotatable bonds is 10. The molecule has 0 unspecified atom stereocenters. The number of fused-ring (bicyclic) bond motifs is 2. The summed E-state index contributed by atoms with van der Waals surface area (Å²) in [6, 6.07) is 12.0. The van der Waals surface area contributed by atoms with Crippen LogP contribution in [-0.4, -0.2) is 150 Å². The highest BCUT2D eigenvalue weighted by Gasteiger charge is 2.57. The maximum absolute atomic E-state index is 12.7. The smallest absolute Gasteiger partial charge is 0.345 e. The van der Waals surface area contributed by atoms with Crippen molar-refractivity contribution in [2.45, 2.75) is 120 Å². The Bertz CT molecular complexity index is 1500. The van der Waals surface area contributed by atoms with Gasteiger partial charge in [0.25, 0.3) is 0 Å². The number of urea groups is 2. The Morgan fingerprint density at radius 3 is 2.00 bits per heavy atom. The second kappa shape index (κ2) is 15.6. The van der Waals surface area contributed by atoms with E-state index in [9.17, 15) is 19.2 Å². The summed E-state index contributed by atoms with van der Waals surface area (Å²) in [6.07, 6.45) is 14.7. The molecular weight excluding hydrogens is 688 g/mol. The molecule has 54 heavy (non-hydrogen) atoms. The van der Waals surface area contributed by atoms with Crippen molar-refractivity contribution < 1.29 is 28.9 Å². The first-order valence-corrected chi connectivity index (χ1v) is 20.5. The third-order valence-electron chi connectivity index (χ3n) is 13.3. The molecule has 0 radical (unpaired) electrons. The van der Waals surface area contributed by atoms with Gasteiger partial charge >= 0.3 is 12.1 Å². The molecule has 14 nitrogen and oxygen atoms in total. The molecule has 1 aromatic carbocycles. The van der Waals surface area contributed by atoms with Gasteiger partial charge in [0.1, 0.15) is 12.6 Å². The predicted molar refractivity (Wildman–Crippen MR) is 200 cm³/mol. The molecular formula is C40H60N8O6. The fourth-order valence-electron chi connectivity index (χ4n) is 10.1. The van der Waals surface area contributed by atoms with Gasteiger partial charge in [-0.05, 0) is 93.4 Å². The molecule has 5 aliphatic heterocycles. The van der Waals surface area contributed by atoms with E-state index in [-0.39, 0.29) is 30.1 Å². The SMILES string of the molecule is CN1CCCCN(OCc2ccccc2)C1=O.CON1C(=O)N2C[C@H]1CC[C@H]2C(=O)NC1CC2(C1)CN(C1CC1)C2.O=CNC1CC2(C1)CN(C1CC1)C2. The standard InChI is InChI=1S/C17H26N4O3.C13H18N2O2.C10H16N2O/c1-24-21-13-4-5-14(20(8-13)16(21)23)15(22)18-11-6-17(7-11)9-19(10-17)12-2-3-12;1-14-9-5-6-10-15(13(14)16)17-11-12-7-3-2-4-8-12;13-7-11-8-3-10(4-8)5-12(6-10)9-1-2-9/h11-14H,2-10H2,1H3,(H,18,22);2-4,7-8H,5-6,9-11H2,1H3;7-9H,1-6H2,(H,11,13)/t13-,14+;;/m1../s1. The molecule has 4 aliphatic carbocycles. The van der Waals surface area contributed by atoms with Crippen LogP contribution in [0.5, 0.6) is 0 Å². The van der Waals surface area contributed by atoms with Crippen LogP contribution in [-0.2, 0) is 25.9 Å². The maximum Gasteiger partial charge on any atom is 0.345 e. The van der Waals surface area contributed by atoms with Crippen LogP contribution < -0.4 is 10.6 Å². The Hall–Kier alpha value is -3.46. The molecule has 2 atom stereocenters. The summed E-state index contributed by atoms with van der Waals surface area (Å²) in [5, 5.41) is 8.96. The van der Waals surface area contributed by atoms with Crippen molar-refractivity contribution in [2.75, 3.05) is 60.0 Å². The van der Waals surface area contributed by atoms with Gasteiger partial charge in [-0.25, -0.2) is 14.7 Å². The summed E-state index contributed by atoms with van der Waals surface area (Å²) in [5.41, 5.74) is 2.17. The van der Waals surface area contributed by atoms with Crippen molar-refractivity contribution in [3.63, 3.8) is 0 Å². The number of hydrogen-bond donors (Lipinski definition) is 2. The lowest BCUT2D eigenvalue weighted by atomic mass is 9.60. The van der Waals surface area contributed by atoms with Crippen molar-refractivity contribution in [3.05, 3.63) is 35.9 Å². The lowest BCUT2D eigenvalue weighted by Gasteiger charge is -2.59. The molecule has 2 N–H and O–H groups in total. The summed E-state index contributed by atoms with van der Waals surface area (Å²) in [4.78, 5) is 66.4. The van der Waals surface area contributed by atoms with Gasteiger partial charge in [-0.1, -0.05) is 30.3 Å². The van der Waals surface area contributed by atoms with Crippen LogP contribution in [0.3, 0.4) is 0 Å². The van der Waals surface area contributed by atoms with E-state index in [2.05, 4.69) is 20.4 Å². The molecule has 296 valence electrons. The minimum Gasteiger partial charge on any atom is -0.356 e. The van der Waals surface area contributed by atoms with E-state index in [0.29, 0.717) is 42.6 Å². The van der Waals surface area contributed by atoms with Gasteiger partial charge in [0.15, 0.2) is 0 Å². The Balaban J connectivity index is 0.000000121. The lowest BCUT2D eigenvalue weighted by Crippen LogP contribution is -2.67. The first-order valence-electron chi connectivity index (χ1n) is 20.5. The van der Waals surface area contributed by atoms with E-state index in [1.807, 2.05) is 37.4 Å². The molecule has 5 heterocycles. The quantitative estimate of drug-likeness (QED) is 0.350. The minimum atomic E-state index is -0.324. The zero-order valence-corrected chi connectivity index (χ0v) is 32.2. The molecule has 9 fully saturated rings. The molecule has 2 bridgehead atoms. The molecule has 4 saturated carbocycles. The lowest BCUT2D eigenvalue weighted by molar-refractivity contribution is -0.132. The fourth-order valence-corrected chi connectivity index (χ4v) is 10.1. The normalized spacial score (nSPS) is 29.8. The van der Waals surface area contributed by atoms with Gasteiger partial charge in [0.2, 0.25) is 12.3 Å². The molecule has 10 rings (SSSR count). The highest BCUT2D eigenvalue weighted by atomic mass is 16.7. The number of hydroxylamine groups is 4. The van der Waals surface area contributed by atoms with Crippen LogP contribution in [0.15, 0.2) is 30.3 Å². The Kier molecular flexibility index (Phi) is 10.8. The number of nitrogens with zero attached hydrogens (tertiary/aromatic N) is 6.